The summed E-state index contributed by atoms with van der Waals surface area (Å²) in [7, 11) is -2.93. The van der Waals surface area contributed by atoms with E-state index in [2.05, 4.69) is 62.3 Å². The molecule has 0 aliphatic heterocycles. The molecule has 0 saturated carbocycles. The van der Waals surface area contributed by atoms with Gasteiger partial charge in [0.25, 0.3) is 8.32 Å². The minimum Gasteiger partial charge on any atom is -0.296 e. The predicted molar refractivity (Wildman–Crippen MR) is 176 cm³/mol. The molecular formula is C36H75OSi. The molecule has 0 aliphatic carbocycles. The lowest BCUT2D eigenvalue weighted by Gasteiger charge is -2.56. The zero-order valence-electron chi connectivity index (χ0n) is 28.4. The van der Waals surface area contributed by atoms with Crippen molar-refractivity contribution >= 4 is 8.32 Å². The lowest BCUT2D eigenvalue weighted by atomic mass is 10.00. The molecule has 1 nitrogen and oxygen atoms in total. The molecular weight excluding hydrogens is 476 g/mol. The first-order chi connectivity index (χ1) is 17.9. The average molecular weight is 552 g/mol. The van der Waals surface area contributed by atoms with Gasteiger partial charge in [-0.1, -0.05) is 197 Å². The van der Waals surface area contributed by atoms with E-state index in [-0.39, 0.29) is 15.1 Å². The van der Waals surface area contributed by atoms with Gasteiger partial charge in [-0.3, -0.25) is 4.80 Å². The van der Waals surface area contributed by atoms with Crippen LogP contribution in [0.15, 0.2) is 0 Å². The van der Waals surface area contributed by atoms with Crippen LogP contribution in [0.3, 0.4) is 0 Å². The van der Waals surface area contributed by atoms with Crippen LogP contribution in [0.1, 0.15) is 216 Å². The fourth-order valence-corrected chi connectivity index (χ4v) is 14.9. The average Bonchev–Trinajstić information content (AvgIpc) is 2.86. The molecule has 0 amide bonds. The molecule has 0 N–H and O–H groups in total. The molecule has 1 radical (unpaired) electrons. The Labute approximate surface area is 244 Å². The van der Waals surface area contributed by atoms with Crippen molar-refractivity contribution in [1.82, 2.24) is 0 Å². The maximum atomic E-state index is 15.7. The van der Waals surface area contributed by atoms with Gasteiger partial charge in [0, 0.05) is 0 Å². The molecule has 0 fully saturated rings. The van der Waals surface area contributed by atoms with E-state index in [1.54, 1.807) is 0 Å². The molecule has 0 atom stereocenters. The second kappa shape index (κ2) is 21.0. The van der Waals surface area contributed by atoms with Gasteiger partial charge >= 0.3 is 0 Å². The summed E-state index contributed by atoms with van der Waals surface area (Å²) in [5.74, 6) is 0. The molecule has 0 aliphatic rings. The lowest BCUT2D eigenvalue weighted by Crippen LogP contribution is -2.60. The fourth-order valence-electron chi connectivity index (χ4n) is 7.85. The van der Waals surface area contributed by atoms with Gasteiger partial charge in [0.15, 0.2) is 0 Å². The Morgan fingerprint density at radius 2 is 0.526 bits per heavy atom. The van der Waals surface area contributed by atoms with Gasteiger partial charge in [-0.05, 0) is 34.4 Å². The van der Waals surface area contributed by atoms with Crippen molar-refractivity contribution in [3.8, 4) is 0 Å². The van der Waals surface area contributed by atoms with Gasteiger partial charge in [0.2, 0.25) is 0 Å². The van der Waals surface area contributed by atoms with Crippen LogP contribution in [-0.4, -0.2) is 8.32 Å². The highest BCUT2D eigenvalue weighted by Crippen LogP contribution is 2.66. The minimum atomic E-state index is -2.93. The summed E-state index contributed by atoms with van der Waals surface area (Å²) < 4.78 is 0. The number of rotatable bonds is 27. The van der Waals surface area contributed by atoms with Crippen LogP contribution in [0.2, 0.25) is 15.1 Å². The van der Waals surface area contributed by atoms with Crippen molar-refractivity contribution in [2.75, 3.05) is 0 Å². The zero-order chi connectivity index (χ0) is 29.0. The maximum Gasteiger partial charge on any atom is 0.254 e. The van der Waals surface area contributed by atoms with E-state index in [9.17, 15) is 0 Å². The van der Waals surface area contributed by atoms with Crippen LogP contribution >= 0.6 is 0 Å². The number of hydrogen-bond donors (Lipinski definition) is 0. The first-order valence-corrected chi connectivity index (χ1v) is 19.5. The van der Waals surface area contributed by atoms with Crippen molar-refractivity contribution in [3.05, 3.63) is 0 Å². The molecule has 229 valence electrons. The van der Waals surface area contributed by atoms with Gasteiger partial charge in [-0.15, -0.1) is 0 Å². The normalized spacial score (nSPS) is 13.4. The highest BCUT2D eigenvalue weighted by molar-refractivity contribution is 6.80. The van der Waals surface area contributed by atoms with Crippen molar-refractivity contribution in [2.24, 2.45) is 0 Å². The van der Waals surface area contributed by atoms with Crippen LogP contribution in [0.25, 0.3) is 0 Å². The molecule has 0 aromatic rings. The predicted octanol–water partition coefficient (Wildman–Crippen LogP) is 14.1. The Bertz CT molecular complexity index is 461. The van der Waals surface area contributed by atoms with Gasteiger partial charge < -0.3 is 0 Å². The van der Waals surface area contributed by atoms with Crippen LogP contribution in [0.4, 0.5) is 0 Å². The quantitative estimate of drug-likeness (QED) is 0.0714. The largest absolute Gasteiger partial charge is 0.296 e. The Hall–Kier alpha value is 0.177. The first-order valence-electron chi connectivity index (χ1n) is 17.6. The topological polar surface area (TPSA) is 19.9 Å². The molecule has 0 heterocycles. The van der Waals surface area contributed by atoms with Crippen molar-refractivity contribution in [3.63, 3.8) is 0 Å². The monoisotopic (exact) mass is 552 g/mol. The SMILES string of the molecule is CCCCCCCCCC(C)(C)[Si]([O])(C(C)(C)CCCCCCCCC)C(C)(C)CCCCCCCCC. The molecule has 0 aromatic carbocycles. The van der Waals surface area contributed by atoms with E-state index in [1.165, 1.54) is 135 Å². The molecule has 0 bridgehead atoms. The van der Waals surface area contributed by atoms with Crippen molar-refractivity contribution in [2.45, 2.75) is 232 Å². The Morgan fingerprint density at radius 1 is 0.342 bits per heavy atom. The second-order valence-corrected chi connectivity index (χ2v) is 20.4. The van der Waals surface area contributed by atoms with E-state index >= 15 is 4.80 Å². The summed E-state index contributed by atoms with van der Waals surface area (Å²) in [6, 6.07) is 0. The Balaban J connectivity index is 5.33. The first kappa shape index (κ1) is 38.2. The third-order valence-corrected chi connectivity index (χ3v) is 16.5. The molecule has 38 heavy (non-hydrogen) atoms. The standard InChI is InChI=1S/C36H75OSi/c1-10-13-16-19-22-25-28-31-34(4,5)38(37,35(6,7)32-29-26-23-20-17-14-11-2)36(8,9)33-30-27-24-21-18-15-12-3/h10-33H2,1-9H3. The van der Waals surface area contributed by atoms with Gasteiger partial charge in [-0.2, -0.15) is 0 Å². The highest BCUT2D eigenvalue weighted by atomic mass is 28.4. The third-order valence-electron chi connectivity index (χ3n) is 10.1. The second-order valence-electron chi connectivity index (χ2n) is 14.9. The van der Waals surface area contributed by atoms with Crippen LogP contribution in [0.5, 0.6) is 0 Å². The van der Waals surface area contributed by atoms with E-state index < -0.39 is 8.32 Å². The maximum absolute atomic E-state index is 15.7. The summed E-state index contributed by atoms with van der Waals surface area (Å²) in [6.45, 7) is 21.3. The van der Waals surface area contributed by atoms with E-state index in [1.807, 2.05) is 0 Å². The van der Waals surface area contributed by atoms with E-state index in [0.29, 0.717) is 0 Å². The van der Waals surface area contributed by atoms with Crippen LogP contribution in [0, 0.1) is 0 Å². The van der Waals surface area contributed by atoms with Crippen molar-refractivity contribution in [1.29, 1.82) is 0 Å². The van der Waals surface area contributed by atoms with Crippen LogP contribution < -0.4 is 0 Å². The minimum absolute atomic E-state index is 0.0638. The van der Waals surface area contributed by atoms with E-state index in [0.717, 1.165) is 19.3 Å². The summed E-state index contributed by atoms with van der Waals surface area (Å²) in [5.41, 5.74) is 0. The van der Waals surface area contributed by atoms with Gasteiger partial charge in [0.05, 0.1) is 0 Å². The Morgan fingerprint density at radius 3 is 0.737 bits per heavy atom. The van der Waals surface area contributed by atoms with E-state index in [4.69, 9.17) is 0 Å². The lowest BCUT2D eigenvalue weighted by molar-refractivity contribution is 0.254. The number of unbranched alkanes of at least 4 members (excludes halogenated alkanes) is 18. The fraction of sp³-hybridized carbons (Fsp3) is 1.00. The molecule has 2 heteroatoms. The molecule has 0 saturated heterocycles. The van der Waals surface area contributed by atoms with Gasteiger partial charge in [-0.25, -0.2) is 0 Å². The summed E-state index contributed by atoms with van der Waals surface area (Å²) >= 11 is 0. The number of hydrogen-bond acceptors (Lipinski definition) is 0. The summed E-state index contributed by atoms with van der Waals surface area (Å²) in [5, 5.41) is -0.191. The van der Waals surface area contributed by atoms with Crippen molar-refractivity contribution < 1.29 is 4.80 Å². The van der Waals surface area contributed by atoms with Gasteiger partial charge in [0.1, 0.15) is 0 Å². The van der Waals surface area contributed by atoms with Crippen LogP contribution in [-0.2, 0) is 4.80 Å². The molecule has 0 unspecified atom stereocenters. The summed E-state index contributed by atoms with van der Waals surface area (Å²) in [6.07, 6.45) is 31.5. The molecule has 0 spiro atoms. The Kier molecular flexibility index (Phi) is 21.1. The smallest absolute Gasteiger partial charge is 0.254 e. The highest BCUT2D eigenvalue weighted by Gasteiger charge is 2.65. The molecule has 0 aromatic heterocycles. The zero-order valence-corrected chi connectivity index (χ0v) is 29.4. The molecule has 0 rings (SSSR count). The summed E-state index contributed by atoms with van der Waals surface area (Å²) in [4.78, 5) is 15.7. The third kappa shape index (κ3) is 13.7.